The first-order chi connectivity index (χ1) is 19.3. The largest absolute Gasteiger partial charge is 0.329 e. The van der Waals surface area contributed by atoms with Gasteiger partial charge in [0.25, 0.3) is 5.91 Å². The molecular weight excluding hydrogens is 470 g/mol. The number of hydrogen-bond donors (Lipinski definition) is 1. The first kappa shape index (κ1) is 20.8. The van der Waals surface area contributed by atoms with Gasteiger partial charge in [-0.15, -0.1) is 0 Å². The lowest BCUT2D eigenvalue weighted by molar-refractivity contribution is -0.122. The highest BCUT2D eigenvalue weighted by atomic mass is 16.2. The maximum Gasteiger partial charge on any atom is 0.259 e. The van der Waals surface area contributed by atoms with Crippen LogP contribution in [0.2, 0.25) is 0 Å². The van der Waals surface area contributed by atoms with Crippen LogP contribution in [0.15, 0.2) is 91.1 Å². The number of carbonyl (C=O) groups excluding carboxylic acids is 2. The van der Waals surface area contributed by atoms with Gasteiger partial charge in [0, 0.05) is 39.0 Å². The Hall–Kier alpha value is -4.22. The van der Waals surface area contributed by atoms with Gasteiger partial charge in [-0.05, 0) is 64.6 Å². The lowest BCUT2D eigenvalue weighted by atomic mass is 9.95. The molecule has 1 fully saturated rings. The van der Waals surface area contributed by atoms with E-state index in [1.165, 1.54) is 11.1 Å². The van der Waals surface area contributed by atoms with Crippen LogP contribution in [0.5, 0.6) is 0 Å². The van der Waals surface area contributed by atoms with Crippen molar-refractivity contribution in [3.63, 3.8) is 0 Å². The quantitative estimate of drug-likeness (QED) is 0.382. The SMILES string of the molecule is [2H]C([2H])(c1ccc(Cc2ccc3c4c(cccc24)C(=O)N3C2CCC(=C)NC2=O)cc1)N1Cc2ccccc2C1. The Morgan fingerprint density at radius 1 is 0.895 bits per heavy atom. The van der Waals surface area contributed by atoms with Crippen LogP contribution in [-0.2, 0) is 30.8 Å². The van der Waals surface area contributed by atoms with E-state index in [1.54, 1.807) is 4.90 Å². The third kappa shape index (κ3) is 3.82. The molecule has 0 aromatic heterocycles. The van der Waals surface area contributed by atoms with E-state index in [4.69, 9.17) is 2.74 Å². The van der Waals surface area contributed by atoms with Crippen LogP contribution < -0.4 is 10.2 Å². The highest BCUT2D eigenvalue weighted by Gasteiger charge is 2.40. The summed E-state index contributed by atoms with van der Waals surface area (Å²) in [5.74, 6) is -0.326. The van der Waals surface area contributed by atoms with Crippen molar-refractivity contribution in [2.75, 3.05) is 4.90 Å². The third-order valence-electron chi connectivity index (χ3n) is 7.93. The molecule has 4 aromatic rings. The molecule has 5 nitrogen and oxygen atoms in total. The normalized spacial score (nSPS) is 19.9. The lowest BCUT2D eigenvalue weighted by Gasteiger charge is -2.31. The summed E-state index contributed by atoms with van der Waals surface area (Å²) in [4.78, 5) is 29.8. The number of rotatable bonds is 5. The zero-order chi connectivity index (χ0) is 27.6. The molecule has 1 unspecified atom stereocenters. The standard InChI is InChI=1S/C33H29N3O2/c1-21-9-15-30(32(37)34-21)36-29-16-14-24(27-7-4-8-28(31(27)29)33(36)38)17-22-10-12-23(13-11-22)18-35-19-25-5-2-3-6-26(25)20-35/h2-8,10-14,16,30H,1,9,15,17-20H2,(H,34,37)/i18D2. The number of carbonyl (C=O) groups is 2. The number of piperidine rings is 1. The number of amides is 2. The van der Waals surface area contributed by atoms with Crippen LogP contribution in [0.4, 0.5) is 5.69 Å². The number of allylic oxidation sites excluding steroid dienone is 1. The van der Waals surface area contributed by atoms with E-state index in [0.29, 0.717) is 49.2 Å². The van der Waals surface area contributed by atoms with E-state index in [-0.39, 0.29) is 11.8 Å². The Morgan fingerprint density at radius 3 is 2.37 bits per heavy atom. The van der Waals surface area contributed by atoms with E-state index in [0.717, 1.165) is 27.6 Å². The van der Waals surface area contributed by atoms with Crippen molar-refractivity contribution >= 4 is 28.3 Å². The van der Waals surface area contributed by atoms with Gasteiger partial charge in [0.1, 0.15) is 6.04 Å². The Morgan fingerprint density at radius 2 is 1.63 bits per heavy atom. The average Bonchev–Trinajstić information content (AvgIpc) is 3.52. The fraction of sp³-hybridized carbons (Fsp3) is 0.212. The molecule has 3 heterocycles. The Bertz CT molecular complexity index is 1690. The second-order valence-electron chi connectivity index (χ2n) is 10.4. The Kier molecular flexibility index (Phi) is 4.90. The van der Waals surface area contributed by atoms with Crippen LogP contribution in [0.25, 0.3) is 10.8 Å². The zero-order valence-corrected chi connectivity index (χ0v) is 21.0. The molecule has 0 spiro atoms. The van der Waals surface area contributed by atoms with Gasteiger partial charge in [0.05, 0.1) is 5.69 Å². The number of hydrogen-bond acceptors (Lipinski definition) is 3. The summed E-state index contributed by atoms with van der Waals surface area (Å²) in [6.45, 7) is 3.47. The lowest BCUT2D eigenvalue weighted by Crippen LogP contribution is -2.51. The van der Waals surface area contributed by atoms with Crippen molar-refractivity contribution in [2.24, 2.45) is 0 Å². The van der Waals surface area contributed by atoms with Gasteiger partial charge >= 0.3 is 0 Å². The molecule has 1 N–H and O–H groups in total. The molecule has 2 amide bonds. The predicted molar refractivity (Wildman–Crippen MR) is 150 cm³/mol. The van der Waals surface area contributed by atoms with Gasteiger partial charge in [0.2, 0.25) is 5.91 Å². The number of fused-ring (bicyclic) bond motifs is 1. The van der Waals surface area contributed by atoms with Gasteiger partial charge in [-0.3, -0.25) is 19.4 Å². The molecule has 38 heavy (non-hydrogen) atoms. The molecule has 0 aliphatic carbocycles. The summed E-state index contributed by atoms with van der Waals surface area (Å²) in [7, 11) is 0. The third-order valence-corrected chi connectivity index (χ3v) is 7.93. The van der Waals surface area contributed by atoms with Crippen LogP contribution >= 0.6 is 0 Å². The Balaban J connectivity index is 1.16. The first-order valence-corrected chi connectivity index (χ1v) is 13.1. The van der Waals surface area contributed by atoms with Gasteiger partial charge in [0.15, 0.2) is 0 Å². The highest BCUT2D eigenvalue weighted by molar-refractivity contribution is 6.27. The maximum absolute atomic E-state index is 13.5. The number of anilines is 1. The minimum absolute atomic E-state index is 0.138. The Labute approximate surface area is 225 Å². The maximum atomic E-state index is 13.5. The van der Waals surface area contributed by atoms with Crippen LogP contribution in [0.3, 0.4) is 0 Å². The monoisotopic (exact) mass is 501 g/mol. The second-order valence-corrected chi connectivity index (χ2v) is 10.4. The molecule has 1 saturated heterocycles. The molecule has 0 radical (unpaired) electrons. The fourth-order valence-electron chi connectivity index (χ4n) is 6.05. The minimum atomic E-state index is -1.58. The molecule has 4 aromatic carbocycles. The first-order valence-electron chi connectivity index (χ1n) is 14.1. The van der Waals surface area contributed by atoms with E-state index < -0.39 is 12.5 Å². The molecule has 0 bridgehead atoms. The topological polar surface area (TPSA) is 52.7 Å². The van der Waals surface area contributed by atoms with Gasteiger partial charge in [-0.25, -0.2) is 0 Å². The van der Waals surface area contributed by atoms with Crippen molar-refractivity contribution in [3.05, 3.63) is 125 Å². The van der Waals surface area contributed by atoms with Gasteiger partial charge in [-0.2, -0.15) is 0 Å². The van der Waals surface area contributed by atoms with E-state index in [9.17, 15) is 9.59 Å². The smallest absolute Gasteiger partial charge is 0.259 e. The van der Waals surface area contributed by atoms with Crippen molar-refractivity contribution in [3.8, 4) is 0 Å². The van der Waals surface area contributed by atoms with Crippen LogP contribution in [0.1, 0.15) is 53.8 Å². The second kappa shape index (κ2) is 8.96. The summed E-state index contributed by atoms with van der Waals surface area (Å²) in [5.41, 5.74) is 7.25. The molecule has 5 heteroatoms. The van der Waals surface area contributed by atoms with Gasteiger partial charge in [-0.1, -0.05) is 73.3 Å². The number of nitrogens with zero attached hydrogens (tertiary/aromatic N) is 2. The predicted octanol–water partition coefficient (Wildman–Crippen LogP) is 5.70. The van der Waals surface area contributed by atoms with Crippen LogP contribution in [-0.4, -0.2) is 22.8 Å². The summed E-state index contributed by atoms with van der Waals surface area (Å²) >= 11 is 0. The van der Waals surface area contributed by atoms with E-state index in [2.05, 4.69) is 24.0 Å². The molecule has 188 valence electrons. The number of nitrogens with one attached hydrogen (secondary N) is 1. The summed E-state index contributed by atoms with van der Waals surface area (Å²) in [6.07, 6.45) is 1.85. The van der Waals surface area contributed by atoms with Crippen molar-refractivity contribution < 1.29 is 12.3 Å². The molecule has 7 rings (SSSR count). The minimum Gasteiger partial charge on any atom is -0.329 e. The van der Waals surface area contributed by atoms with E-state index in [1.807, 2.05) is 71.6 Å². The highest BCUT2D eigenvalue weighted by Crippen LogP contribution is 2.41. The van der Waals surface area contributed by atoms with Crippen molar-refractivity contribution in [1.29, 1.82) is 0 Å². The molecule has 0 saturated carbocycles. The van der Waals surface area contributed by atoms with Crippen molar-refractivity contribution in [1.82, 2.24) is 10.2 Å². The van der Waals surface area contributed by atoms with Crippen molar-refractivity contribution in [2.45, 2.75) is 44.9 Å². The molecule has 3 aliphatic heterocycles. The average molecular weight is 502 g/mol. The molecule has 3 aliphatic rings. The number of benzene rings is 4. The van der Waals surface area contributed by atoms with E-state index >= 15 is 0 Å². The summed E-state index contributed by atoms with van der Waals surface area (Å²) < 4.78 is 17.7. The van der Waals surface area contributed by atoms with Crippen LogP contribution in [0, 0.1) is 0 Å². The summed E-state index contributed by atoms with van der Waals surface area (Å²) in [6, 6.07) is 25.1. The molecular formula is C33H29N3O2. The molecule has 1 atom stereocenters. The zero-order valence-electron chi connectivity index (χ0n) is 23.0. The van der Waals surface area contributed by atoms with Gasteiger partial charge < -0.3 is 5.32 Å². The summed E-state index contributed by atoms with van der Waals surface area (Å²) in [5, 5.41) is 4.70. The fourth-order valence-corrected chi connectivity index (χ4v) is 6.05.